The van der Waals surface area contributed by atoms with Crippen LogP contribution in [0.3, 0.4) is 0 Å². The fraction of sp³-hybridized carbons (Fsp3) is 0.373. The Kier molecular flexibility index (Phi) is 17.1. The largest absolute Gasteiger partial charge is 0.497 e. The molecule has 1 unspecified atom stereocenters. The van der Waals surface area contributed by atoms with Crippen LogP contribution in [0.25, 0.3) is 0 Å². The number of ether oxygens (including phenoxy) is 3. The van der Waals surface area contributed by atoms with E-state index in [0.29, 0.717) is 5.41 Å². The van der Waals surface area contributed by atoms with Crippen LogP contribution in [0.4, 0.5) is 0 Å². The highest BCUT2D eigenvalue weighted by Crippen LogP contribution is 2.61. The summed E-state index contributed by atoms with van der Waals surface area (Å²) in [7, 11) is 1.65. The van der Waals surface area contributed by atoms with E-state index in [9.17, 15) is 4.79 Å². The van der Waals surface area contributed by atoms with Crippen molar-refractivity contribution in [1.82, 2.24) is 0 Å². The molecule has 11 rings (SSSR count). The van der Waals surface area contributed by atoms with Crippen molar-refractivity contribution in [2.75, 3.05) is 38.4 Å². The summed E-state index contributed by atoms with van der Waals surface area (Å²) in [6.07, 6.45) is 10.2. The summed E-state index contributed by atoms with van der Waals surface area (Å²) in [5, 5.41) is 0.0646. The molecule has 1 saturated heterocycles. The van der Waals surface area contributed by atoms with Gasteiger partial charge in [0.2, 0.25) is 5.78 Å². The van der Waals surface area contributed by atoms with Gasteiger partial charge in [0.05, 0.1) is 37.8 Å². The number of rotatable bonds is 13. The molecule has 7 heteroatoms. The maximum atomic E-state index is 13.0. The molecule has 1 heterocycles. The number of benzene rings is 6. The van der Waals surface area contributed by atoms with E-state index in [4.69, 9.17) is 14.2 Å². The molecule has 1 atom stereocenters. The van der Waals surface area contributed by atoms with Crippen LogP contribution in [-0.4, -0.2) is 49.5 Å². The third kappa shape index (κ3) is 13.1. The fourth-order valence-corrected chi connectivity index (χ4v) is 18.1. The summed E-state index contributed by atoms with van der Waals surface area (Å²) in [5.41, 5.74) is 1.36. The van der Waals surface area contributed by atoms with Crippen molar-refractivity contribution < 1.29 is 40.2 Å². The zero-order valence-electron chi connectivity index (χ0n) is 39.3. The van der Waals surface area contributed by atoms with Crippen molar-refractivity contribution in [3.8, 4) is 11.5 Å². The second-order valence-corrected chi connectivity index (χ2v) is 26.9. The fourth-order valence-electron chi connectivity index (χ4n) is 11.0. The molecule has 0 spiro atoms. The minimum absolute atomic E-state index is 0.0287. The summed E-state index contributed by atoms with van der Waals surface area (Å²) in [6.45, 7) is 8.94. The quantitative estimate of drug-likeness (QED) is 0.0657. The van der Waals surface area contributed by atoms with Crippen LogP contribution in [0, 0.1) is 35.7 Å². The lowest BCUT2D eigenvalue weighted by molar-refractivity contribution is -0.597. The van der Waals surface area contributed by atoms with Crippen LogP contribution in [-0.2, 0) is 26.5 Å². The number of ketones is 1. The molecule has 4 bridgehead atoms. The van der Waals surface area contributed by atoms with E-state index < -0.39 is 0 Å². The van der Waals surface area contributed by atoms with Gasteiger partial charge in [0, 0.05) is 21.9 Å². The molecule has 5 aliphatic rings. The van der Waals surface area contributed by atoms with Crippen molar-refractivity contribution >= 4 is 27.6 Å². The van der Waals surface area contributed by atoms with Gasteiger partial charge in [-0.25, -0.2) is 0 Å². The van der Waals surface area contributed by atoms with Gasteiger partial charge in [0.1, 0.15) is 23.0 Å². The number of carbonyl (C=O) groups is 1. The van der Waals surface area contributed by atoms with E-state index >= 15 is 0 Å². The molecule has 6 aromatic rings. The van der Waals surface area contributed by atoms with E-state index in [0.717, 1.165) is 66.1 Å². The zero-order chi connectivity index (χ0) is 45.8. The minimum atomic E-state index is -0.0918. The van der Waals surface area contributed by atoms with Crippen molar-refractivity contribution in [2.24, 2.45) is 28.6 Å². The smallest absolute Gasteiger partial charge is 0.357 e. The summed E-state index contributed by atoms with van der Waals surface area (Å²) < 4.78 is 19.9. The molecular formula is C59H68IO4S2+3. The number of Topliss-reactive ketones (excluding diaryl/α,β-unsaturated/α-hetero) is 1. The standard InChI is InChI=1S/C30H33OS.C17H25O3S.C12H10I/c1-3-7-27(8-4-1)32(28-9-5-2-6-10-28)29-13-11-26(12-14-29)31-16-15-30-20-23-17-24(21-30)19-25(18-23)22-30;1-17(2,3)16(21-11-9-20-10-12-21)15(18)13-5-7-14(19-4)8-6-13;1-3-7-11(8-4-1)13-12-9-5-2-6-10-12/h1-14,23-25H,15-22H2;5-8,16H,9-12H2,1-4H3;1-10H/q3*+1. The van der Waals surface area contributed by atoms with Crippen LogP contribution in [0.15, 0.2) is 185 Å². The molecule has 4 nitrogen and oxygen atoms in total. The first-order valence-corrected chi connectivity index (χ1v) is 28.9. The predicted octanol–water partition coefficient (Wildman–Crippen LogP) is 10.5. The van der Waals surface area contributed by atoms with Gasteiger partial charge in [-0.3, -0.25) is 4.79 Å². The van der Waals surface area contributed by atoms with Gasteiger partial charge in [-0.05, 0) is 165 Å². The van der Waals surface area contributed by atoms with Gasteiger partial charge in [-0.2, -0.15) is 0 Å². The molecule has 6 aromatic carbocycles. The van der Waals surface area contributed by atoms with E-state index in [2.05, 4.69) is 166 Å². The van der Waals surface area contributed by atoms with Crippen molar-refractivity contribution in [2.45, 2.75) is 85.7 Å². The van der Waals surface area contributed by atoms with Crippen LogP contribution in [0.2, 0.25) is 0 Å². The molecule has 0 amide bonds. The number of carbonyl (C=O) groups excluding carboxylic acids is 1. The van der Waals surface area contributed by atoms with Crippen LogP contribution < -0.4 is 30.7 Å². The minimum Gasteiger partial charge on any atom is -0.497 e. The van der Waals surface area contributed by atoms with Gasteiger partial charge in [-0.1, -0.05) is 93.6 Å². The van der Waals surface area contributed by atoms with Gasteiger partial charge in [0.25, 0.3) is 0 Å². The second-order valence-electron chi connectivity index (χ2n) is 19.5. The molecule has 5 fully saturated rings. The first-order valence-electron chi connectivity index (χ1n) is 23.9. The summed E-state index contributed by atoms with van der Waals surface area (Å²) >= 11 is 0.0287. The molecule has 0 aromatic heterocycles. The van der Waals surface area contributed by atoms with Gasteiger partial charge < -0.3 is 14.2 Å². The highest BCUT2D eigenvalue weighted by Gasteiger charge is 2.50. The predicted molar refractivity (Wildman–Crippen MR) is 271 cm³/mol. The van der Waals surface area contributed by atoms with Crippen LogP contribution in [0.1, 0.15) is 76.1 Å². The number of methoxy groups -OCH3 is 1. The number of halogens is 1. The molecule has 4 aliphatic carbocycles. The Labute approximate surface area is 411 Å². The lowest BCUT2D eigenvalue weighted by Crippen LogP contribution is -3.61. The average molecular weight is 1030 g/mol. The molecule has 344 valence electrons. The normalized spacial score (nSPS) is 21.4. The van der Waals surface area contributed by atoms with Crippen molar-refractivity contribution in [3.05, 3.63) is 183 Å². The topological polar surface area (TPSA) is 44.8 Å². The van der Waals surface area contributed by atoms with Crippen molar-refractivity contribution in [1.29, 1.82) is 0 Å². The third-order valence-electron chi connectivity index (χ3n) is 13.5. The summed E-state index contributed by atoms with van der Waals surface area (Å²) in [5.74, 6) is 7.14. The number of hydrogen-bond acceptors (Lipinski definition) is 4. The lowest BCUT2D eigenvalue weighted by Gasteiger charge is -2.57. The molecule has 0 radical (unpaired) electrons. The maximum absolute atomic E-state index is 13.0. The second kappa shape index (κ2) is 23.3. The van der Waals surface area contributed by atoms with E-state index in [1.807, 2.05) is 24.3 Å². The van der Waals surface area contributed by atoms with E-state index in [1.54, 1.807) is 7.11 Å². The Morgan fingerprint density at radius 2 is 1.08 bits per heavy atom. The monoisotopic (exact) mass is 1030 g/mol. The highest BCUT2D eigenvalue weighted by molar-refractivity contribution is 7.98. The maximum Gasteiger partial charge on any atom is 0.357 e. The Balaban J connectivity index is 0.000000149. The molecule has 4 saturated carbocycles. The highest BCUT2D eigenvalue weighted by atomic mass is 127. The Hall–Kier alpha value is -4.02. The first-order chi connectivity index (χ1) is 32.1. The molecular weight excluding hydrogens is 964 g/mol. The zero-order valence-corrected chi connectivity index (χ0v) is 43.1. The van der Waals surface area contributed by atoms with Gasteiger partial charge in [-0.15, -0.1) is 0 Å². The van der Waals surface area contributed by atoms with Crippen LogP contribution >= 0.6 is 0 Å². The average Bonchev–Trinajstić information content (AvgIpc) is 3.33. The molecule has 66 heavy (non-hydrogen) atoms. The molecule has 1 aliphatic heterocycles. The Bertz CT molecular complexity index is 2250. The van der Waals surface area contributed by atoms with Gasteiger partial charge >= 0.3 is 21.2 Å². The SMILES string of the molecule is COc1ccc(C(=O)C([S+]2CCOCC2)C(C)(C)C)cc1.c1ccc([I+]c2ccccc2)cc1.c1ccc([S+](c2ccccc2)c2ccc(OCCC34CC5CC(CC(C5)C3)C4)cc2)cc1. The summed E-state index contributed by atoms with van der Waals surface area (Å²) in [6, 6.07) is 59.5. The van der Waals surface area contributed by atoms with Crippen molar-refractivity contribution in [3.63, 3.8) is 0 Å². The van der Waals surface area contributed by atoms with Crippen LogP contribution in [0.5, 0.6) is 11.5 Å². The third-order valence-corrected chi connectivity index (χ3v) is 21.4. The van der Waals surface area contributed by atoms with E-state index in [1.165, 1.54) is 66.8 Å². The van der Waals surface area contributed by atoms with E-state index in [-0.39, 0.29) is 59.4 Å². The lowest BCUT2D eigenvalue weighted by atomic mass is 9.49. The first kappa shape index (κ1) is 48.4. The van der Waals surface area contributed by atoms with Gasteiger partial charge in [0.15, 0.2) is 27.1 Å². The molecule has 0 N–H and O–H groups in total. The number of hydrogen-bond donors (Lipinski definition) is 0. The summed E-state index contributed by atoms with van der Waals surface area (Å²) in [4.78, 5) is 17.1. The Morgan fingerprint density at radius 1 is 0.636 bits per heavy atom. The Morgan fingerprint density at radius 3 is 1.53 bits per heavy atom.